The Morgan fingerprint density at radius 2 is 1.66 bits per heavy atom. The van der Waals surface area contributed by atoms with E-state index in [4.69, 9.17) is 33.7 Å². The highest BCUT2D eigenvalue weighted by Gasteiger charge is 2.21. The second-order valence-electron chi connectivity index (χ2n) is 7.74. The second kappa shape index (κ2) is 10.4. The van der Waals surface area contributed by atoms with Crippen LogP contribution in [0.3, 0.4) is 0 Å². The van der Waals surface area contributed by atoms with Gasteiger partial charge in [-0.05, 0) is 35.4 Å². The Hall–Kier alpha value is -3.46. The van der Waals surface area contributed by atoms with Crippen LogP contribution in [-0.2, 0) is 13.0 Å². The molecule has 0 aliphatic carbocycles. The fourth-order valence-corrected chi connectivity index (χ4v) is 4.21. The largest absolute Gasteiger partial charge is 0.494 e. The van der Waals surface area contributed by atoms with Crippen molar-refractivity contribution in [2.75, 3.05) is 7.11 Å². The molecule has 35 heavy (non-hydrogen) atoms. The Kier molecular flexibility index (Phi) is 7.35. The molecule has 0 saturated heterocycles. The van der Waals surface area contributed by atoms with Gasteiger partial charge in [-0.25, -0.2) is 9.18 Å². The minimum Gasteiger partial charge on any atom is -0.494 e. The Morgan fingerprint density at radius 1 is 1.00 bits per heavy atom. The maximum Gasteiger partial charge on any atom is 0.352 e. The summed E-state index contributed by atoms with van der Waals surface area (Å²) in [4.78, 5) is 26.8. The average Bonchev–Trinajstić information content (AvgIpc) is 2.86. The van der Waals surface area contributed by atoms with Gasteiger partial charge in [0.1, 0.15) is 11.4 Å². The standard InChI is InChI=1S/C25H21Cl2FN4O3/c1-35-22-12-6-11-21(23(22)28)32-25(34)31(14-19(29)15-7-3-2-4-8-15)24(33)20(30-32)13-16-17(26)9-5-10-18(16)27/h2-12,19H,13-14,29H2,1H3. The SMILES string of the molecule is COc1cccc(-n2nc(Cc3c(Cl)cccc3Cl)c(=O)n(CC(N)c3ccccc3)c2=O)c1F. The smallest absolute Gasteiger partial charge is 0.352 e. The summed E-state index contributed by atoms with van der Waals surface area (Å²) in [6.07, 6.45) is -0.0796. The van der Waals surface area contributed by atoms with Crippen molar-refractivity contribution in [1.29, 1.82) is 0 Å². The number of hydrogen-bond donors (Lipinski definition) is 1. The highest BCUT2D eigenvalue weighted by molar-refractivity contribution is 6.36. The van der Waals surface area contributed by atoms with E-state index in [-0.39, 0.29) is 30.1 Å². The van der Waals surface area contributed by atoms with Gasteiger partial charge < -0.3 is 10.5 Å². The van der Waals surface area contributed by atoms with E-state index in [0.717, 1.165) is 14.8 Å². The van der Waals surface area contributed by atoms with Crippen LogP contribution in [0, 0.1) is 5.82 Å². The Morgan fingerprint density at radius 3 is 2.31 bits per heavy atom. The molecule has 0 fully saturated rings. The lowest BCUT2D eigenvalue weighted by Crippen LogP contribution is -2.45. The molecule has 4 aromatic rings. The van der Waals surface area contributed by atoms with E-state index in [1.165, 1.54) is 25.3 Å². The topological polar surface area (TPSA) is 92.1 Å². The van der Waals surface area contributed by atoms with Crippen molar-refractivity contribution < 1.29 is 9.13 Å². The summed E-state index contributed by atoms with van der Waals surface area (Å²) in [7, 11) is 1.31. The fraction of sp³-hybridized carbons (Fsp3) is 0.160. The summed E-state index contributed by atoms with van der Waals surface area (Å²) in [5.74, 6) is -0.880. The summed E-state index contributed by atoms with van der Waals surface area (Å²) < 4.78 is 21.9. The molecule has 7 nitrogen and oxygen atoms in total. The third-order valence-corrected chi connectivity index (χ3v) is 6.24. The van der Waals surface area contributed by atoms with E-state index >= 15 is 4.39 Å². The number of hydrogen-bond acceptors (Lipinski definition) is 5. The number of rotatable bonds is 7. The molecule has 4 rings (SSSR count). The predicted octanol–water partition coefficient (Wildman–Crippen LogP) is 4.14. The van der Waals surface area contributed by atoms with Gasteiger partial charge in [0.05, 0.1) is 13.7 Å². The lowest BCUT2D eigenvalue weighted by molar-refractivity contribution is 0.384. The van der Waals surface area contributed by atoms with Crippen molar-refractivity contribution in [3.63, 3.8) is 0 Å². The third kappa shape index (κ3) is 5.00. The lowest BCUT2D eigenvalue weighted by atomic mass is 10.1. The Labute approximate surface area is 210 Å². The zero-order chi connectivity index (χ0) is 25.1. The number of nitrogens with zero attached hydrogens (tertiary/aromatic N) is 3. The van der Waals surface area contributed by atoms with Crippen molar-refractivity contribution in [3.05, 3.63) is 120 Å². The second-order valence-corrected chi connectivity index (χ2v) is 8.56. The normalized spacial score (nSPS) is 11.9. The van der Waals surface area contributed by atoms with E-state index in [1.807, 2.05) is 6.07 Å². The molecule has 180 valence electrons. The van der Waals surface area contributed by atoms with Crippen LogP contribution in [0.5, 0.6) is 5.75 Å². The van der Waals surface area contributed by atoms with Crippen LogP contribution in [0.4, 0.5) is 4.39 Å². The van der Waals surface area contributed by atoms with Gasteiger partial charge in [0.25, 0.3) is 5.56 Å². The van der Waals surface area contributed by atoms with Crippen LogP contribution in [0.25, 0.3) is 5.69 Å². The highest BCUT2D eigenvalue weighted by atomic mass is 35.5. The van der Waals surface area contributed by atoms with Gasteiger partial charge in [0, 0.05) is 22.5 Å². The monoisotopic (exact) mass is 514 g/mol. The van der Waals surface area contributed by atoms with Gasteiger partial charge in [-0.15, -0.1) is 0 Å². The van der Waals surface area contributed by atoms with E-state index in [0.29, 0.717) is 15.6 Å². The molecule has 0 bridgehead atoms. The average molecular weight is 515 g/mol. The molecule has 0 aliphatic heterocycles. The first-order valence-electron chi connectivity index (χ1n) is 10.6. The molecule has 0 radical (unpaired) electrons. The van der Waals surface area contributed by atoms with Gasteiger partial charge in [-0.1, -0.05) is 65.7 Å². The minimum absolute atomic E-state index is 0.0536. The summed E-state index contributed by atoms with van der Waals surface area (Å²) in [6.45, 7) is -0.154. The van der Waals surface area contributed by atoms with Crippen LogP contribution < -0.4 is 21.7 Å². The van der Waals surface area contributed by atoms with Gasteiger partial charge in [0.2, 0.25) is 0 Å². The van der Waals surface area contributed by atoms with E-state index in [9.17, 15) is 9.59 Å². The van der Waals surface area contributed by atoms with Gasteiger partial charge in [-0.2, -0.15) is 9.78 Å². The van der Waals surface area contributed by atoms with Gasteiger partial charge in [0.15, 0.2) is 11.6 Å². The van der Waals surface area contributed by atoms with Gasteiger partial charge >= 0.3 is 5.69 Å². The first kappa shape index (κ1) is 24.7. The highest BCUT2D eigenvalue weighted by Crippen LogP contribution is 2.26. The van der Waals surface area contributed by atoms with Crippen molar-refractivity contribution in [2.24, 2.45) is 5.73 Å². The summed E-state index contributed by atoms with van der Waals surface area (Å²) in [5, 5.41) is 4.87. The first-order chi connectivity index (χ1) is 16.8. The van der Waals surface area contributed by atoms with E-state index in [1.54, 1.807) is 42.5 Å². The van der Waals surface area contributed by atoms with E-state index in [2.05, 4.69) is 5.10 Å². The minimum atomic E-state index is -0.845. The summed E-state index contributed by atoms with van der Waals surface area (Å²) in [6, 6.07) is 17.6. The van der Waals surface area contributed by atoms with Crippen LogP contribution in [-0.4, -0.2) is 21.5 Å². The maximum absolute atomic E-state index is 15.1. The molecule has 1 heterocycles. The number of nitrogens with two attached hydrogens (primary N) is 1. The van der Waals surface area contributed by atoms with Gasteiger partial charge in [-0.3, -0.25) is 9.36 Å². The molecule has 0 saturated carbocycles. The number of aromatic nitrogens is 3. The molecular weight excluding hydrogens is 494 g/mol. The molecule has 2 N–H and O–H groups in total. The van der Waals surface area contributed by atoms with Crippen molar-refractivity contribution in [2.45, 2.75) is 19.0 Å². The molecule has 0 spiro atoms. The molecule has 0 amide bonds. The van der Waals surface area contributed by atoms with Crippen molar-refractivity contribution in [1.82, 2.24) is 14.3 Å². The molecule has 3 aromatic carbocycles. The Balaban J connectivity index is 1.91. The number of ether oxygens (including phenoxy) is 1. The Bertz CT molecular complexity index is 1470. The molecule has 1 atom stereocenters. The third-order valence-electron chi connectivity index (χ3n) is 5.53. The molecular formula is C25H21Cl2FN4O3. The van der Waals surface area contributed by atoms with Crippen LogP contribution in [0.15, 0.2) is 76.3 Å². The lowest BCUT2D eigenvalue weighted by Gasteiger charge is -2.17. The first-order valence-corrected chi connectivity index (χ1v) is 11.4. The van der Waals surface area contributed by atoms with Crippen molar-refractivity contribution in [3.8, 4) is 11.4 Å². The number of benzene rings is 3. The maximum atomic E-state index is 15.1. The predicted molar refractivity (Wildman–Crippen MR) is 133 cm³/mol. The van der Waals surface area contributed by atoms with E-state index < -0.39 is 23.1 Å². The quantitative estimate of drug-likeness (QED) is 0.400. The van der Waals surface area contributed by atoms with Crippen LogP contribution in [0.2, 0.25) is 10.0 Å². The fourth-order valence-electron chi connectivity index (χ4n) is 3.68. The van der Waals surface area contributed by atoms with Crippen LogP contribution in [0.1, 0.15) is 22.9 Å². The summed E-state index contributed by atoms with van der Waals surface area (Å²) >= 11 is 12.6. The number of halogens is 3. The molecule has 0 aliphatic rings. The molecule has 1 aromatic heterocycles. The van der Waals surface area contributed by atoms with Crippen molar-refractivity contribution >= 4 is 23.2 Å². The molecule has 10 heteroatoms. The number of methoxy groups -OCH3 is 1. The zero-order valence-corrected chi connectivity index (χ0v) is 20.1. The zero-order valence-electron chi connectivity index (χ0n) is 18.6. The molecule has 1 unspecified atom stereocenters. The summed E-state index contributed by atoms with van der Waals surface area (Å²) in [5.41, 5.74) is 5.75. The van der Waals surface area contributed by atoms with Crippen LogP contribution >= 0.6 is 23.2 Å².